The van der Waals surface area contributed by atoms with E-state index in [4.69, 9.17) is 28.9 Å². The van der Waals surface area contributed by atoms with Gasteiger partial charge in [-0.15, -0.1) is 0 Å². The maximum atomic E-state index is 11.4. The first-order valence-corrected chi connectivity index (χ1v) is 7.30. The molecule has 1 aliphatic rings. The lowest BCUT2D eigenvalue weighted by Gasteiger charge is -2.31. The van der Waals surface area contributed by atoms with Crippen molar-refractivity contribution in [3.63, 3.8) is 0 Å². The molecule has 0 fully saturated rings. The summed E-state index contributed by atoms with van der Waals surface area (Å²) in [6, 6.07) is 13.3. The highest BCUT2D eigenvalue weighted by Gasteiger charge is 2.32. The van der Waals surface area contributed by atoms with E-state index >= 15 is 0 Å². The van der Waals surface area contributed by atoms with Crippen molar-refractivity contribution >= 4 is 29.5 Å². The Bertz CT molecular complexity index is 741. The van der Waals surface area contributed by atoms with Crippen molar-refractivity contribution in [3.05, 3.63) is 81.4 Å². The molecule has 2 aromatic rings. The summed E-state index contributed by atoms with van der Waals surface area (Å²) >= 11 is 12.1. The second-order valence-electron chi connectivity index (χ2n) is 5.15. The van der Waals surface area contributed by atoms with Crippen LogP contribution in [0.3, 0.4) is 0 Å². The summed E-state index contributed by atoms with van der Waals surface area (Å²) in [6.07, 6.45) is 4.46. The normalized spacial score (nSPS) is 23.7. The van der Waals surface area contributed by atoms with Crippen LogP contribution in [0.15, 0.2) is 54.6 Å². The van der Waals surface area contributed by atoms with Gasteiger partial charge in [-0.25, -0.2) is 0 Å². The molecule has 2 unspecified atom stereocenters. The fourth-order valence-corrected chi connectivity index (χ4v) is 3.02. The van der Waals surface area contributed by atoms with E-state index in [-0.39, 0.29) is 5.92 Å². The van der Waals surface area contributed by atoms with Gasteiger partial charge in [0, 0.05) is 5.92 Å². The Hall–Kier alpha value is -1.61. The van der Waals surface area contributed by atoms with Gasteiger partial charge in [0.15, 0.2) is 0 Å². The zero-order valence-corrected chi connectivity index (χ0v) is 12.6. The third-order valence-corrected chi connectivity index (χ3v) is 4.56. The quantitative estimate of drug-likeness (QED) is 0.670. The molecule has 0 amide bonds. The van der Waals surface area contributed by atoms with Crippen LogP contribution in [0.4, 0.5) is 0 Å². The summed E-state index contributed by atoms with van der Waals surface area (Å²) in [5, 5.41) is 1.04. The molecule has 21 heavy (non-hydrogen) atoms. The molecule has 2 nitrogen and oxygen atoms in total. The zero-order chi connectivity index (χ0) is 15.0. The second-order valence-corrected chi connectivity index (χ2v) is 5.96. The Balaban J connectivity index is 2.15. The van der Waals surface area contributed by atoms with Crippen molar-refractivity contribution in [2.24, 2.45) is 5.73 Å². The summed E-state index contributed by atoms with van der Waals surface area (Å²) in [7, 11) is 0. The van der Waals surface area contributed by atoms with Crippen molar-refractivity contribution in [2.45, 2.75) is 11.5 Å². The van der Waals surface area contributed by atoms with Crippen molar-refractivity contribution < 1.29 is 4.79 Å². The van der Waals surface area contributed by atoms with Gasteiger partial charge in [0.2, 0.25) is 0 Å². The molecule has 2 atom stereocenters. The number of carbonyl (C=O) groups is 1. The molecule has 3 rings (SSSR count). The van der Waals surface area contributed by atoms with Crippen LogP contribution >= 0.6 is 23.2 Å². The van der Waals surface area contributed by atoms with E-state index in [1.807, 2.05) is 42.5 Å². The number of benzene rings is 2. The average Bonchev–Trinajstić information content (AvgIpc) is 2.51. The van der Waals surface area contributed by atoms with Crippen LogP contribution in [0, 0.1) is 0 Å². The predicted octanol–water partition coefficient (Wildman–Crippen LogP) is 4.05. The lowest BCUT2D eigenvalue weighted by Crippen LogP contribution is -2.39. The largest absolute Gasteiger partial charge is 0.312 e. The topological polar surface area (TPSA) is 43.1 Å². The predicted molar refractivity (Wildman–Crippen MR) is 85.8 cm³/mol. The highest BCUT2D eigenvalue weighted by Crippen LogP contribution is 2.39. The molecule has 1 aliphatic carbocycles. The van der Waals surface area contributed by atoms with Crippen molar-refractivity contribution in [2.75, 3.05) is 0 Å². The number of hydrogen-bond donors (Lipinski definition) is 1. The summed E-state index contributed by atoms with van der Waals surface area (Å²) in [5.41, 5.74) is 7.94. The molecule has 2 N–H and O–H groups in total. The van der Waals surface area contributed by atoms with E-state index in [1.54, 1.807) is 12.1 Å². The third-order valence-electron chi connectivity index (χ3n) is 3.82. The van der Waals surface area contributed by atoms with Gasteiger partial charge in [0.25, 0.3) is 0 Å². The third kappa shape index (κ3) is 2.40. The molecule has 0 heterocycles. The fraction of sp³-hybridized carbons (Fsp3) is 0.118. The minimum Gasteiger partial charge on any atom is -0.312 e. The van der Waals surface area contributed by atoms with Crippen LogP contribution in [0.1, 0.15) is 22.6 Å². The minimum atomic E-state index is -1.07. The first kappa shape index (κ1) is 14.3. The summed E-state index contributed by atoms with van der Waals surface area (Å²) in [4.78, 5) is 11.4. The lowest BCUT2D eigenvalue weighted by atomic mass is 9.76. The lowest BCUT2D eigenvalue weighted by molar-refractivity contribution is -0.111. The molecule has 4 heteroatoms. The number of allylic oxidation sites excluding steroid dienone is 1. The molecule has 0 saturated carbocycles. The van der Waals surface area contributed by atoms with Crippen LogP contribution < -0.4 is 5.73 Å². The zero-order valence-electron chi connectivity index (χ0n) is 11.1. The Morgan fingerprint density at radius 3 is 2.57 bits per heavy atom. The van der Waals surface area contributed by atoms with Crippen LogP contribution in [0.2, 0.25) is 10.0 Å². The van der Waals surface area contributed by atoms with E-state index in [1.165, 1.54) is 0 Å². The van der Waals surface area contributed by atoms with E-state index in [0.717, 1.165) is 23.0 Å². The van der Waals surface area contributed by atoms with Gasteiger partial charge in [-0.2, -0.15) is 0 Å². The summed E-state index contributed by atoms with van der Waals surface area (Å²) in [5.74, 6) is 0.00703. The SMILES string of the molecule is NC1(C=O)C=CC(c2ccc(Cl)c(Cl)c2)c2ccccc21. The molecule has 0 aromatic heterocycles. The molecule has 0 spiro atoms. The van der Waals surface area contributed by atoms with E-state index in [2.05, 4.69) is 0 Å². The van der Waals surface area contributed by atoms with E-state index in [0.29, 0.717) is 10.0 Å². The van der Waals surface area contributed by atoms with Crippen LogP contribution in [0.5, 0.6) is 0 Å². The van der Waals surface area contributed by atoms with Crippen LogP contribution in [-0.2, 0) is 10.3 Å². The van der Waals surface area contributed by atoms with Crippen molar-refractivity contribution in [3.8, 4) is 0 Å². The van der Waals surface area contributed by atoms with Gasteiger partial charge in [-0.05, 0) is 28.8 Å². The van der Waals surface area contributed by atoms with Crippen LogP contribution in [0.25, 0.3) is 0 Å². The number of rotatable bonds is 2. The number of carbonyl (C=O) groups excluding carboxylic acids is 1. The fourth-order valence-electron chi connectivity index (χ4n) is 2.71. The smallest absolute Gasteiger partial charge is 0.148 e. The summed E-state index contributed by atoms with van der Waals surface area (Å²) in [6.45, 7) is 0. The Labute approximate surface area is 133 Å². The maximum Gasteiger partial charge on any atom is 0.148 e. The summed E-state index contributed by atoms with van der Waals surface area (Å²) < 4.78 is 0. The number of fused-ring (bicyclic) bond motifs is 1. The van der Waals surface area contributed by atoms with Gasteiger partial charge in [0.05, 0.1) is 10.0 Å². The molecular weight excluding hydrogens is 305 g/mol. The Morgan fingerprint density at radius 1 is 1.10 bits per heavy atom. The van der Waals surface area contributed by atoms with Gasteiger partial charge in [-0.3, -0.25) is 0 Å². The Morgan fingerprint density at radius 2 is 1.86 bits per heavy atom. The molecular formula is C17H13Cl2NO. The molecule has 0 aliphatic heterocycles. The van der Waals surface area contributed by atoms with Gasteiger partial charge in [-0.1, -0.05) is 65.7 Å². The minimum absolute atomic E-state index is 0.00703. The van der Waals surface area contributed by atoms with E-state index < -0.39 is 5.54 Å². The molecule has 0 bridgehead atoms. The highest BCUT2D eigenvalue weighted by molar-refractivity contribution is 6.42. The first-order chi connectivity index (χ1) is 10.0. The standard InChI is InChI=1S/C17H13Cl2NO/c18-15-6-5-11(9-16(15)19)12-7-8-17(20,10-21)14-4-2-1-3-13(12)14/h1-10,12H,20H2. The van der Waals surface area contributed by atoms with Crippen molar-refractivity contribution in [1.82, 2.24) is 0 Å². The number of nitrogens with two attached hydrogens (primary N) is 1. The molecule has 0 saturated heterocycles. The van der Waals surface area contributed by atoms with Gasteiger partial charge < -0.3 is 10.5 Å². The Kier molecular flexibility index (Phi) is 3.62. The number of hydrogen-bond acceptors (Lipinski definition) is 2. The monoisotopic (exact) mass is 317 g/mol. The number of halogens is 2. The second kappa shape index (κ2) is 5.30. The maximum absolute atomic E-state index is 11.4. The van der Waals surface area contributed by atoms with Crippen LogP contribution in [-0.4, -0.2) is 6.29 Å². The first-order valence-electron chi connectivity index (χ1n) is 6.54. The molecule has 2 aromatic carbocycles. The molecule has 106 valence electrons. The number of aldehydes is 1. The highest BCUT2D eigenvalue weighted by atomic mass is 35.5. The van der Waals surface area contributed by atoms with Gasteiger partial charge in [0.1, 0.15) is 11.8 Å². The average molecular weight is 318 g/mol. The van der Waals surface area contributed by atoms with E-state index in [9.17, 15) is 4.79 Å². The van der Waals surface area contributed by atoms with Gasteiger partial charge >= 0.3 is 0 Å². The molecule has 0 radical (unpaired) electrons. The van der Waals surface area contributed by atoms with Crippen molar-refractivity contribution in [1.29, 1.82) is 0 Å².